The largest absolute Gasteiger partial charge is 0.496 e. The van der Waals surface area contributed by atoms with Gasteiger partial charge in [-0.3, -0.25) is 0 Å². The van der Waals surface area contributed by atoms with E-state index < -0.39 is 5.60 Å². The summed E-state index contributed by atoms with van der Waals surface area (Å²) in [7, 11) is 3.33. The fourth-order valence-electron chi connectivity index (χ4n) is 4.90. The molecule has 27 heavy (non-hydrogen) atoms. The van der Waals surface area contributed by atoms with E-state index in [0.717, 1.165) is 55.1 Å². The molecule has 4 nitrogen and oxygen atoms in total. The number of aliphatic hydroxyl groups is 1. The number of piperidine rings is 3. The highest BCUT2D eigenvalue weighted by molar-refractivity contribution is 8.93. The third kappa shape index (κ3) is 3.37. The summed E-state index contributed by atoms with van der Waals surface area (Å²) in [6, 6.07) is 15.7. The maximum atomic E-state index is 12.3. The zero-order valence-corrected chi connectivity index (χ0v) is 17.6. The van der Waals surface area contributed by atoms with Crippen LogP contribution in [0.2, 0.25) is 0 Å². The summed E-state index contributed by atoms with van der Waals surface area (Å²) in [6.45, 7) is 3.17. The third-order valence-corrected chi connectivity index (χ3v) is 6.23. The summed E-state index contributed by atoms with van der Waals surface area (Å²) in [5, 5.41) is 12.3. The van der Waals surface area contributed by atoms with Crippen molar-refractivity contribution in [3.8, 4) is 11.5 Å². The van der Waals surface area contributed by atoms with Crippen LogP contribution in [-0.2, 0) is 5.60 Å². The van der Waals surface area contributed by atoms with E-state index in [1.165, 1.54) is 0 Å². The van der Waals surface area contributed by atoms with E-state index in [2.05, 4.69) is 4.90 Å². The molecular weight excluding hydrogens is 406 g/mol. The number of fused-ring (bicyclic) bond motifs is 3. The fraction of sp³-hybridized carbons (Fsp3) is 0.455. The van der Waals surface area contributed by atoms with Crippen molar-refractivity contribution in [2.75, 3.05) is 33.9 Å². The Morgan fingerprint density at radius 2 is 1.37 bits per heavy atom. The first-order valence-corrected chi connectivity index (χ1v) is 9.40. The fourth-order valence-corrected chi connectivity index (χ4v) is 4.90. The van der Waals surface area contributed by atoms with Gasteiger partial charge in [-0.1, -0.05) is 36.4 Å². The highest BCUT2D eigenvalue weighted by Crippen LogP contribution is 2.51. The van der Waals surface area contributed by atoms with Crippen LogP contribution < -0.4 is 9.47 Å². The van der Waals surface area contributed by atoms with E-state index in [1.54, 1.807) is 14.2 Å². The van der Waals surface area contributed by atoms with E-state index in [9.17, 15) is 5.11 Å². The number of methoxy groups -OCH3 is 2. The molecule has 3 aliphatic rings. The Labute approximate surface area is 171 Å². The van der Waals surface area contributed by atoms with Crippen LogP contribution in [0.1, 0.15) is 24.0 Å². The Balaban J connectivity index is 0.00000210. The molecule has 0 amide bonds. The monoisotopic (exact) mass is 433 g/mol. The topological polar surface area (TPSA) is 41.9 Å². The van der Waals surface area contributed by atoms with Gasteiger partial charge in [0.25, 0.3) is 0 Å². The number of para-hydroxylation sites is 2. The maximum absolute atomic E-state index is 12.3. The van der Waals surface area contributed by atoms with Crippen LogP contribution in [0, 0.1) is 11.8 Å². The minimum absolute atomic E-state index is 0. The Morgan fingerprint density at radius 3 is 1.78 bits per heavy atom. The molecule has 5 rings (SSSR count). The van der Waals surface area contributed by atoms with Crippen LogP contribution in [-0.4, -0.2) is 43.9 Å². The second-order valence-corrected chi connectivity index (χ2v) is 7.41. The minimum atomic E-state index is -1.15. The Morgan fingerprint density at radius 1 is 0.889 bits per heavy atom. The van der Waals surface area contributed by atoms with Crippen LogP contribution in [0.25, 0.3) is 0 Å². The summed E-state index contributed by atoms with van der Waals surface area (Å²) in [5.74, 6) is 2.05. The molecule has 2 aromatic rings. The first-order chi connectivity index (χ1) is 12.7. The minimum Gasteiger partial charge on any atom is -0.496 e. The highest BCUT2D eigenvalue weighted by atomic mass is 79.9. The molecule has 5 heteroatoms. The number of hydrogen-bond acceptors (Lipinski definition) is 4. The Hall–Kier alpha value is -1.56. The molecule has 0 radical (unpaired) electrons. The average Bonchev–Trinajstić information content (AvgIpc) is 2.74. The highest BCUT2D eigenvalue weighted by Gasteiger charge is 2.50. The van der Waals surface area contributed by atoms with Gasteiger partial charge in [0.1, 0.15) is 17.1 Å². The summed E-state index contributed by atoms with van der Waals surface area (Å²) in [6.07, 6.45) is 2.27. The molecule has 2 bridgehead atoms. The maximum Gasteiger partial charge on any atom is 0.126 e. The van der Waals surface area contributed by atoms with Gasteiger partial charge in [-0.25, -0.2) is 0 Å². The number of nitrogens with zero attached hydrogens (tertiary/aromatic N) is 1. The second kappa shape index (κ2) is 8.21. The molecule has 3 saturated heterocycles. The van der Waals surface area contributed by atoms with E-state index >= 15 is 0 Å². The van der Waals surface area contributed by atoms with E-state index in [-0.39, 0.29) is 22.9 Å². The molecule has 3 heterocycles. The van der Waals surface area contributed by atoms with Crippen molar-refractivity contribution in [3.05, 3.63) is 59.7 Å². The van der Waals surface area contributed by atoms with Crippen LogP contribution in [0.3, 0.4) is 0 Å². The van der Waals surface area contributed by atoms with E-state index in [0.29, 0.717) is 5.92 Å². The number of ether oxygens (including phenoxy) is 2. The molecular formula is C22H28BrNO3. The van der Waals surface area contributed by atoms with Gasteiger partial charge in [-0.05, 0) is 44.0 Å². The number of benzene rings is 2. The molecule has 0 spiro atoms. The van der Waals surface area contributed by atoms with Gasteiger partial charge in [0.2, 0.25) is 0 Å². The smallest absolute Gasteiger partial charge is 0.126 e. The molecule has 146 valence electrons. The lowest BCUT2D eigenvalue weighted by Crippen LogP contribution is -2.55. The van der Waals surface area contributed by atoms with Gasteiger partial charge >= 0.3 is 0 Å². The van der Waals surface area contributed by atoms with E-state index in [4.69, 9.17) is 9.47 Å². The molecule has 3 aliphatic heterocycles. The van der Waals surface area contributed by atoms with Crippen molar-refractivity contribution in [1.82, 2.24) is 4.90 Å². The normalized spacial score (nSPS) is 24.2. The SMILES string of the molecule is Br.COc1ccccc1C(O)(c1ccccc1OC)C1CN2CCC1CC2. The predicted octanol–water partition coefficient (Wildman–Crippen LogP) is 3.86. The molecule has 2 aromatic carbocycles. The number of rotatable bonds is 5. The quantitative estimate of drug-likeness (QED) is 0.776. The van der Waals surface area contributed by atoms with Crippen molar-refractivity contribution >= 4 is 17.0 Å². The molecule has 0 aliphatic carbocycles. The predicted molar refractivity (Wildman–Crippen MR) is 112 cm³/mol. The summed E-state index contributed by atoms with van der Waals surface area (Å²) in [4.78, 5) is 2.47. The van der Waals surface area contributed by atoms with Gasteiger partial charge in [0.05, 0.1) is 14.2 Å². The Kier molecular flexibility index (Phi) is 6.14. The van der Waals surface area contributed by atoms with Crippen LogP contribution in [0.5, 0.6) is 11.5 Å². The van der Waals surface area contributed by atoms with Gasteiger partial charge in [0, 0.05) is 23.6 Å². The van der Waals surface area contributed by atoms with Crippen molar-refractivity contribution in [2.24, 2.45) is 11.8 Å². The first-order valence-electron chi connectivity index (χ1n) is 9.40. The molecule has 1 unspecified atom stereocenters. The molecule has 1 atom stereocenters. The molecule has 0 saturated carbocycles. The zero-order valence-electron chi connectivity index (χ0n) is 15.9. The summed E-state index contributed by atoms with van der Waals surface area (Å²) < 4.78 is 11.3. The van der Waals surface area contributed by atoms with E-state index in [1.807, 2.05) is 48.5 Å². The van der Waals surface area contributed by atoms with Crippen molar-refractivity contribution in [1.29, 1.82) is 0 Å². The third-order valence-electron chi connectivity index (χ3n) is 6.23. The van der Waals surface area contributed by atoms with Crippen molar-refractivity contribution in [2.45, 2.75) is 18.4 Å². The van der Waals surface area contributed by atoms with Crippen LogP contribution >= 0.6 is 17.0 Å². The molecule has 1 N–H and O–H groups in total. The molecule has 0 aromatic heterocycles. The lowest BCUT2D eigenvalue weighted by Gasteiger charge is -2.51. The van der Waals surface area contributed by atoms with Crippen LogP contribution in [0.4, 0.5) is 0 Å². The number of halogens is 1. The lowest BCUT2D eigenvalue weighted by atomic mass is 9.65. The number of hydrogen-bond donors (Lipinski definition) is 1. The lowest BCUT2D eigenvalue weighted by molar-refractivity contribution is -0.0781. The van der Waals surface area contributed by atoms with Gasteiger partial charge in [-0.2, -0.15) is 0 Å². The summed E-state index contributed by atoms with van der Waals surface area (Å²) >= 11 is 0. The van der Waals surface area contributed by atoms with Gasteiger partial charge in [-0.15, -0.1) is 17.0 Å². The summed E-state index contributed by atoms with van der Waals surface area (Å²) in [5.41, 5.74) is 0.500. The van der Waals surface area contributed by atoms with Crippen molar-refractivity contribution < 1.29 is 14.6 Å². The van der Waals surface area contributed by atoms with Gasteiger partial charge < -0.3 is 19.5 Å². The zero-order chi connectivity index (χ0) is 18.1. The van der Waals surface area contributed by atoms with Crippen LogP contribution in [0.15, 0.2) is 48.5 Å². The van der Waals surface area contributed by atoms with Crippen molar-refractivity contribution in [3.63, 3.8) is 0 Å². The second-order valence-electron chi connectivity index (χ2n) is 7.41. The van der Waals surface area contributed by atoms with Gasteiger partial charge in [0.15, 0.2) is 0 Å². The average molecular weight is 434 g/mol. The standard InChI is InChI=1S/C22H27NO3.BrH/c1-25-20-9-5-3-7-17(20)22(24,18-8-4-6-10-21(18)26-2)19-15-23-13-11-16(19)12-14-23;/h3-10,16,19,24H,11-15H2,1-2H3;1H. The Bertz CT molecular complexity index is 726. The first kappa shape index (κ1) is 20.2. The molecule has 3 fully saturated rings.